The second-order valence-corrected chi connectivity index (χ2v) is 6.59. The number of nitrogens with zero attached hydrogens (tertiary/aromatic N) is 1. The molecular weight excluding hydrogens is 386 g/mol. The number of hydrogen-bond acceptors (Lipinski definition) is 6. The van der Waals surface area contributed by atoms with E-state index in [9.17, 15) is 14.4 Å². The van der Waals surface area contributed by atoms with Crippen molar-refractivity contribution in [3.8, 4) is 5.75 Å². The highest BCUT2D eigenvalue weighted by Gasteiger charge is 2.08. The lowest BCUT2D eigenvalue weighted by atomic mass is 10.1. The van der Waals surface area contributed by atoms with Gasteiger partial charge in [0.15, 0.2) is 6.61 Å². The quantitative estimate of drug-likeness (QED) is 0.375. The molecule has 0 fully saturated rings. The summed E-state index contributed by atoms with van der Waals surface area (Å²) in [7, 11) is 1.29. The molecule has 0 aliphatic rings. The van der Waals surface area contributed by atoms with Crippen molar-refractivity contribution < 1.29 is 23.9 Å². The van der Waals surface area contributed by atoms with Crippen LogP contribution in [-0.2, 0) is 19.1 Å². The summed E-state index contributed by atoms with van der Waals surface area (Å²) >= 11 is 0. The summed E-state index contributed by atoms with van der Waals surface area (Å²) in [4.78, 5) is 35.0. The summed E-state index contributed by atoms with van der Waals surface area (Å²) in [5.41, 5.74) is 5.88. The first-order valence-corrected chi connectivity index (χ1v) is 9.36. The van der Waals surface area contributed by atoms with E-state index in [1.54, 1.807) is 24.3 Å². The first-order chi connectivity index (χ1) is 14.4. The predicted octanol–water partition coefficient (Wildman–Crippen LogP) is 2.72. The van der Waals surface area contributed by atoms with E-state index in [2.05, 4.69) is 20.6 Å². The van der Waals surface area contributed by atoms with Crippen LogP contribution < -0.4 is 15.5 Å². The molecular formula is C22H25N3O5. The first-order valence-electron chi connectivity index (χ1n) is 9.36. The van der Waals surface area contributed by atoms with E-state index in [0.29, 0.717) is 5.75 Å². The Morgan fingerprint density at radius 1 is 1.00 bits per heavy atom. The zero-order chi connectivity index (χ0) is 21.9. The van der Waals surface area contributed by atoms with Gasteiger partial charge in [0.25, 0.3) is 0 Å². The smallest absolute Gasteiger partial charge is 0.343 e. The zero-order valence-corrected chi connectivity index (χ0v) is 17.2. The topological polar surface area (TPSA) is 106 Å². The Morgan fingerprint density at radius 2 is 1.70 bits per heavy atom. The molecule has 0 spiro atoms. The minimum absolute atomic E-state index is 0.0222. The van der Waals surface area contributed by atoms with Crippen molar-refractivity contribution in [2.24, 2.45) is 5.10 Å². The highest BCUT2D eigenvalue weighted by atomic mass is 16.6. The summed E-state index contributed by atoms with van der Waals surface area (Å²) in [6, 6.07) is 12.6. The molecule has 2 amide bonds. The Balaban J connectivity index is 1.73. The average Bonchev–Trinajstić information content (AvgIpc) is 2.74. The zero-order valence-electron chi connectivity index (χ0n) is 17.2. The van der Waals surface area contributed by atoms with E-state index in [0.717, 1.165) is 22.4 Å². The van der Waals surface area contributed by atoms with Gasteiger partial charge in [-0.2, -0.15) is 5.10 Å². The van der Waals surface area contributed by atoms with Crippen molar-refractivity contribution in [3.63, 3.8) is 0 Å². The normalized spacial score (nSPS) is 10.5. The number of hydrazone groups is 1. The number of esters is 1. The molecule has 0 heterocycles. The van der Waals surface area contributed by atoms with Gasteiger partial charge in [0, 0.05) is 18.5 Å². The summed E-state index contributed by atoms with van der Waals surface area (Å²) in [6.45, 7) is 3.69. The molecule has 2 aromatic rings. The number of amides is 2. The lowest BCUT2D eigenvalue weighted by molar-refractivity contribution is -0.142. The number of aryl methyl sites for hydroxylation is 2. The molecule has 0 radical (unpaired) electrons. The SMILES string of the molecule is COC(=O)COc1ccc(C=NNC(=O)CCC(=O)Nc2cc(C)ccc2C)cc1. The second kappa shape index (κ2) is 11.4. The van der Waals surface area contributed by atoms with E-state index in [4.69, 9.17) is 4.74 Å². The molecule has 0 aliphatic heterocycles. The molecule has 158 valence electrons. The molecule has 0 bridgehead atoms. The van der Waals surface area contributed by atoms with Crippen LogP contribution in [0, 0.1) is 13.8 Å². The van der Waals surface area contributed by atoms with Crippen molar-refractivity contribution in [2.45, 2.75) is 26.7 Å². The Labute approximate surface area is 175 Å². The fourth-order valence-corrected chi connectivity index (χ4v) is 2.40. The number of anilines is 1. The maximum atomic E-state index is 12.1. The van der Waals surface area contributed by atoms with Gasteiger partial charge in [-0.3, -0.25) is 9.59 Å². The lowest BCUT2D eigenvalue weighted by Crippen LogP contribution is -2.20. The lowest BCUT2D eigenvalue weighted by Gasteiger charge is -2.09. The van der Waals surface area contributed by atoms with Gasteiger partial charge in [-0.25, -0.2) is 10.2 Å². The van der Waals surface area contributed by atoms with Gasteiger partial charge in [-0.05, 0) is 60.9 Å². The van der Waals surface area contributed by atoms with Crippen LogP contribution in [0.4, 0.5) is 5.69 Å². The van der Waals surface area contributed by atoms with Crippen molar-refractivity contribution in [3.05, 3.63) is 59.2 Å². The molecule has 30 heavy (non-hydrogen) atoms. The maximum absolute atomic E-state index is 12.1. The number of carbonyl (C=O) groups is 3. The highest BCUT2D eigenvalue weighted by molar-refractivity contribution is 5.94. The van der Waals surface area contributed by atoms with E-state index >= 15 is 0 Å². The van der Waals surface area contributed by atoms with Crippen molar-refractivity contribution in [2.75, 3.05) is 19.0 Å². The number of methoxy groups -OCH3 is 1. The largest absolute Gasteiger partial charge is 0.482 e. The molecule has 8 nitrogen and oxygen atoms in total. The highest BCUT2D eigenvalue weighted by Crippen LogP contribution is 2.16. The number of benzene rings is 2. The van der Waals surface area contributed by atoms with Crippen LogP contribution >= 0.6 is 0 Å². The third-order valence-electron chi connectivity index (χ3n) is 4.11. The third kappa shape index (κ3) is 7.75. The number of carbonyl (C=O) groups excluding carboxylic acids is 3. The second-order valence-electron chi connectivity index (χ2n) is 6.59. The van der Waals surface area contributed by atoms with Crippen LogP contribution in [0.15, 0.2) is 47.6 Å². The minimum atomic E-state index is -0.467. The Bertz CT molecular complexity index is 923. The van der Waals surface area contributed by atoms with Gasteiger partial charge < -0.3 is 14.8 Å². The van der Waals surface area contributed by atoms with E-state index in [1.165, 1.54) is 13.3 Å². The summed E-state index contributed by atoms with van der Waals surface area (Å²) in [5.74, 6) is -0.548. The van der Waals surface area contributed by atoms with Crippen LogP contribution in [-0.4, -0.2) is 37.7 Å². The molecule has 0 atom stereocenters. The van der Waals surface area contributed by atoms with Crippen molar-refractivity contribution in [1.29, 1.82) is 0 Å². The van der Waals surface area contributed by atoms with Crippen LogP contribution in [0.2, 0.25) is 0 Å². The monoisotopic (exact) mass is 411 g/mol. The molecule has 0 saturated carbocycles. The van der Waals surface area contributed by atoms with Crippen LogP contribution in [0.25, 0.3) is 0 Å². The molecule has 2 N–H and O–H groups in total. The molecule has 2 aromatic carbocycles. The van der Waals surface area contributed by atoms with Gasteiger partial charge in [0.1, 0.15) is 5.75 Å². The third-order valence-corrected chi connectivity index (χ3v) is 4.11. The summed E-state index contributed by atoms with van der Waals surface area (Å²) < 4.78 is 9.74. The fourth-order valence-electron chi connectivity index (χ4n) is 2.40. The van der Waals surface area contributed by atoms with Crippen LogP contribution in [0.3, 0.4) is 0 Å². The van der Waals surface area contributed by atoms with Gasteiger partial charge in [0.2, 0.25) is 11.8 Å². The standard InChI is InChI=1S/C22H25N3O5/c1-15-4-5-16(2)19(12-15)24-20(26)10-11-21(27)25-23-13-17-6-8-18(9-7-17)30-14-22(28)29-3/h4-9,12-13H,10-11,14H2,1-3H3,(H,24,26)(H,25,27). The van der Waals surface area contributed by atoms with Crippen LogP contribution in [0.5, 0.6) is 5.75 Å². The molecule has 0 saturated heterocycles. The van der Waals surface area contributed by atoms with E-state index in [1.807, 2.05) is 32.0 Å². The van der Waals surface area contributed by atoms with Gasteiger partial charge in [-0.1, -0.05) is 12.1 Å². The van der Waals surface area contributed by atoms with Crippen molar-refractivity contribution in [1.82, 2.24) is 5.43 Å². The molecule has 0 aliphatic carbocycles. The van der Waals surface area contributed by atoms with Gasteiger partial charge in [0.05, 0.1) is 13.3 Å². The molecule has 8 heteroatoms. The Morgan fingerprint density at radius 3 is 2.40 bits per heavy atom. The van der Waals surface area contributed by atoms with Crippen molar-refractivity contribution >= 4 is 29.7 Å². The maximum Gasteiger partial charge on any atom is 0.343 e. The van der Waals surface area contributed by atoms with E-state index in [-0.39, 0.29) is 31.3 Å². The van der Waals surface area contributed by atoms with Gasteiger partial charge in [-0.15, -0.1) is 0 Å². The van der Waals surface area contributed by atoms with Gasteiger partial charge >= 0.3 is 5.97 Å². The predicted molar refractivity (Wildman–Crippen MR) is 113 cm³/mol. The summed E-state index contributed by atoms with van der Waals surface area (Å²) in [6.07, 6.45) is 1.55. The van der Waals surface area contributed by atoms with E-state index < -0.39 is 5.97 Å². The molecule has 2 rings (SSSR count). The Hall–Kier alpha value is -3.68. The fraction of sp³-hybridized carbons (Fsp3) is 0.273. The number of nitrogens with one attached hydrogen (secondary N) is 2. The minimum Gasteiger partial charge on any atom is -0.482 e. The molecule has 0 unspecified atom stereocenters. The number of ether oxygens (including phenoxy) is 2. The molecule has 0 aromatic heterocycles. The number of hydrogen-bond donors (Lipinski definition) is 2. The average molecular weight is 411 g/mol. The summed E-state index contributed by atoms with van der Waals surface area (Å²) in [5, 5.41) is 6.69. The van der Waals surface area contributed by atoms with Crippen LogP contribution in [0.1, 0.15) is 29.5 Å². The Kier molecular flexibility index (Phi) is 8.56. The first kappa shape index (κ1) is 22.6. The number of rotatable bonds is 9.